The van der Waals surface area contributed by atoms with Gasteiger partial charge in [0.1, 0.15) is 11.6 Å². The molecule has 0 bridgehead atoms. The van der Waals surface area contributed by atoms with Crippen molar-refractivity contribution in [3.05, 3.63) is 89.0 Å². The second kappa shape index (κ2) is 8.48. The Bertz CT molecular complexity index is 1370. The van der Waals surface area contributed by atoms with Crippen LogP contribution < -0.4 is 4.74 Å². The summed E-state index contributed by atoms with van der Waals surface area (Å²) < 4.78 is 49.7. The summed E-state index contributed by atoms with van der Waals surface area (Å²) in [7, 11) is 1.61. The molecule has 2 aromatic carbocycles. The lowest BCUT2D eigenvalue weighted by Gasteiger charge is -2.16. The zero-order valence-electron chi connectivity index (χ0n) is 18.6. The molecule has 0 saturated carbocycles. The van der Waals surface area contributed by atoms with Gasteiger partial charge in [-0.05, 0) is 48.7 Å². The molecule has 6 nitrogen and oxygen atoms in total. The lowest BCUT2D eigenvalue weighted by atomic mass is 9.92. The minimum absolute atomic E-state index is 0.242. The third-order valence-corrected chi connectivity index (χ3v) is 5.92. The van der Waals surface area contributed by atoms with E-state index in [1.165, 1.54) is 12.1 Å². The highest BCUT2D eigenvalue weighted by Gasteiger charge is 2.38. The number of aromatic nitrogens is 5. The lowest BCUT2D eigenvalue weighted by Crippen LogP contribution is -2.12. The Morgan fingerprint density at radius 2 is 1.94 bits per heavy atom. The molecule has 0 radical (unpaired) electrons. The van der Waals surface area contributed by atoms with Crippen molar-refractivity contribution in [1.29, 1.82) is 0 Å². The molecule has 4 aromatic rings. The third kappa shape index (κ3) is 4.09. The molecule has 0 N–H and O–H groups in total. The summed E-state index contributed by atoms with van der Waals surface area (Å²) in [6.07, 6.45) is 3.39. The van der Waals surface area contributed by atoms with Gasteiger partial charge in [0.05, 0.1) is 30.4 Å². The number of fused-ring (bicyclic) bond motifs is 1. The van der Waals surface area contributed by atoms with E-state index < -0.39 is 17.7 Å². The van der Waals surface area contributed by atoms with Crippen molar-refractivity contribution in [1.82, 2.24) is 24.3 Å². The number of nitrogens with zero attached hydrogens (tertiary/aromatic N) is 5. The summed E-state index contributed by atoms with van der Waals surface area (Å²) in [5.74, 6) is 1.26. The van der Waals surface area contributed by atoms with E-state index in [2.05, 4.69) is 15.1 Å². The summed E-state index contributed by atoms with van der Waals surface area (Å²) in [4.78, 5) is 8.80. The van der Waals surface area contributed by atoms with Gasteiger partial charge < -0.3 is 9.30 Å². The van der Waals surface area contributed by atoms with Crippen molar-refractivity contribution < 1.29 is 17.9 Å². The molecule has 9 heteroatoms. The van der Waals surface area contributed by atoms with Gasteiger partial charge in [0.2, 0.25) is 0 Å². The van der Waals surface area contributed by atoms with Gasteiger partial charge in [0, 0.05) is 18.7 Å². The van der Waals surface area contributed by atoms with E-state index in [1.807, 2.05) is 42.0 Å². The summed E-state index contributed by atoms with van der Waals surface area (Å²) >= 11 is 0. The molecule has 1 unspecified atom stereocenters. The maximum Gasteiger partial charge on any atom is 0.416 e. The zero-order valence-corrected chi connectivity index (χ0v) is 18.6. The molecule has 0 spiro atoms. The average molecular weight is 465 g/mol. The molecular weight excluding hydrogens is 443 g/mol. The van der Waals surface area contributed by atoms with Crippen LogP contribution in [0.4, 0.5) is 13.2 Å². The molecule has 0 aliphatic carbocycles. The number of rotatable bonds is 5. The summed E-state index contributed by atoms with van der Waals surface area (Å²) in [6.45, 7) is 2.45. The first-order valence-electron chi connectivity index (χ1n) is 10.8. The van der Waals surface area contributed by atoms with Crippen molar-refractivity contribution in [2.24, 2.45) is 0 Å². The number of hydrogen-bond acceptors (Lipinski definition) is 4. The molecule has 174 valence electrons. The standard InChI is InChI=1S/C25H22F3N5O/c1-16-14-32(15-29-16)21-9-7-17(13-22(21)34-2)8-10-23-30-24-19(11-12-33(24)31-23)18-5-3-4-6-20(18)25(26,27)28/h3-10,13-15,19H,11-12H2,1-2H3. The number of halogens is 3. The maximum absolute atomic E-state index is 13.5. The van der Waals surface area contributed by atoms with Crippen molar-refractivity contribution in [2.75, 3.05) is 7.11 Å². The van der Waals surface area contributed by atoms with Crippen LogP contribution in [0.2, 0.25) is 0 Å². The quantitative estimate of drug-likeness (QED) is 0.390. The number of methoxy groups -OCH3 is 1. The van der Waals surface area contributed by atoms with E-state index in [9.17, 15) is 13.2 Å². The number of ether oxygens (including phenoxy) is 1. The molecule has 2 aromatic heterocycles. The van der Waals surface area contributed by atoms with Gasteiger partial charge in [-0.1, -0.05) is 30.3 Å². The number of hydrogen-bond donors (Lipinski definition) is 0. The normalized spacial score (nSPS) is 15.7. The van der Waals surface area contributed by atoms with Gasteiger partial charge in [0.15, 0.2) is 5.82 Å². The molecule has 0 fully saturated rings. The monoisotopic (exact) mass is 465 g/mol. The minimum atomic E-state index is -4.41. The van der Waals surface area contributed by atoms with Gasteiger partial charge in [-0.2, -0.15) is 18.3 Å². The van der Waals surface area contributed by atoms with Crippen molar-refractivity contribution in [2.45, 2.75) is 32.0 Å². The fraction of sp³-hybridized carbons (Fsp3) is 0.240. The SMILES string of the molecule is COc1cc(C=Cc2nc3n(n2)CCC3c2ccccc2C(F)(F)F)ccc1-n1cnc(C)c1. The predicted molar refractivity (Wildman–Crippen MR) is 122 cm³/mol. The Hall–Kier alpha value is -3.88. The molecule has 34 heavy (non-hydrogen) atoms. The van der Waals surface area contributed by atoms with Crippen molar-refractivity contribution >= 4 is 12.2 Å². The van der Waals surface area contributed by atoms with Crippen LogP contribution in [0.3, 0.4) is 0 Å². The van der Waals surface area contributed by atoms with Crippen LogP contribution in [0.15, 0.2) is 55.0 Å². The number of benzene rings is 2. The second-order valence-electron chi connectivity index (χ2n) is 8.16. The van der Waals surface area contributed by atoms with Gasteiger partial charge in [-0.15, -0.1) is 0 Å². The largest absolute Gasteiger partial charge is 0.495 e. The molecule has 1 atom stereocenters. The van der Waals surface area contributed by atoms with E-state index in [0.717, 1.165) is 23.0 Å². The van der Waals surface area contributed by atoms with Gasteiger partial charge in [-0.25, -0.2) is 14.6 Å². The molecule has 3 heterocycles. The van der Waals surface area contributed by atoms with Gasteiger partial charge in [0.25, 0.3) is 0 Å². The molecule has 0 saturated heterocycles. The highest BCUT2D eigenvalue weighted by molar-refractivity contribution is 5.69. The van der Waals surface area contributed by atoms with Gasteiger partial charge >= 0.3 is 6.18 Å². The first kappa shape index (κ1) is 21.9. The Kier molecular flexibility index (Phi) is 5.47. The Balaban J connectivity index is 1.41. The third-order valence-electron chi connectivity index (χ3n) is 5.92. The van der Waals surface area contributed by atoms with Crippen LogP contribution >= 0.6 is 0 Å². The van der Waals surface area contributed by atoms with Crippen LogP contribution in [0.1, 0.15) is 46.4 Å². The summed E-state index contributed by atoms with van der Waals surface area (Å²) in [5, 5.41) is 4.48. The van der Waals surface area contributed by atoms with Crippen LogP contribution in [-0.4, -0.2) is 31.4 Å². The number of aryl methyl sites for hydroxylation is 2. The summed E-state index contributed by atoms with van der Waals surface area (Å²) in [5.41, 5.74) is 2.28. The van der Waals surface area contributed by atoms with E-state index in [1.54, 1.807) is 30.3 Å². The average Bonchev–Trinajstić information content (AvgIpc) is 3.52. The van der Waals surface area contributed by atoms with Crippen molar-refractivity contribution in [3.63, 3.8) is 0 Å². The highest BCUT2D eigenvalue weighted by Crippen LogP contribution is 2.40. The fourth-order valence-corrected chi connectivity index (χ4v) is 4.33. The molecule has 1 aliphatic rings. The van der Waals surface area contributed by atoms with E-state index in [4.69, 9.17) is 4.74 Å². The van der Waals surface area contributed by atoms with E-state index in [0.29, 0.717) is 30.4 Å². The molecular formula is C25H22F3N5O. The maximum atomic E-state index is 13.5. The van der Waals surface area contributed by atoms with Crippen LogP contribution in [0.25, 0.3) is 17.8 Å². The molecule has 1 aliphatic heterocycles. The highest BCUT2D eigenvalue weighted by atomic mass is 19.4. The zero-order chi connectivity index (χ0) is 23.9. The molecule has 0 amide bonds. The Morgan fingerprint density at radius 1 is 1.12 bits per heavy atom. The topological polar surface area (TPSA) is 57.8 Å². The Morgan fingerprint density at radius 3 is 2.68 bits per heavy atom. The second-order valence-corrected chi connectivity index (χ2v) is 8.16. The Labute approximate surface area is 194 Å². The number of imidazole rings is 1. The van der Waals surface area contributed by atoms with E-state index >= 15 is 0 Å². The summed E-state index contributed by atoms with van der Waals surface area (Å²) in [6, 6.07) is 11.5. The van der Waals surface area contributed by atoms with E-state index in [-0.39, 0.29) is 5.56 Å². The van der Waals surface area contributed by atoms with Crippen LogP contribution in [0.5, 0.6) is 5.75 Å². The molecule has 5 rings (SSSR count). The van der Waals surface area contributed by atoms with Gasteiger partial charge in [-0.3, -0.25) is 0 Å². The minimum Gasteiger partial charge on any atom is -0.495 e. The van der Waals surface area contributed by atoms with Crippen LogP contribution in [0, 0.1) is 6.92 Å². The number of alkyl halides is 3. The fourth-order valence-electron chi connectivity index (χ4n) is 4.33. The first-order valence-corrected chi connectivity index (χ1v) is 10.8. The van der Waals surface area contributed by atoms with Crippen molar-refractivity contribution in [3.8, 4) is 11.4 Å². The smallest absolute Gasteiger partial charge is 0.416 e. The van der Waals surface area contributed by atoms with Crippen LogP contribution in [-0.2, 0) is 12.7 Å². The predicted octanol–water partition coefficient (Wildman–Crippen LogP) is 5.51. The first-order chi connectivity index (χ1) is 16.3. The lowest BCUT2D eigenvalue weighted by molar-refractivity contribution is -0.138.